The van der Waals surface area contributed by atoms with Gasteiger partial charge in [-0.25, -0.2) is 0 Å². The van der Waals surface area contributed by atoms with Gasteiger partial charge in [0.25, 0.3) is 0 Å². The van der Waals surface area contributed by atoms with Crippen LogP contribution in [0.5, 0.6) is 0 Å². The lowest BCUT2D eigenvalue weighted by Crippen LogP contribution is -1.85. The van der Waals surface area contributed by atoms with Crippen molar-refractivity contribution in [2.75, 3.05) is 0 Å². The van der Waals surface area contributed by atoms with E-state index in [9.17, 15) is 5.26 Å². The smallest absolute Gasteiger partial charge is 0.0998 e. The molecule has 3 aromatic rings. The van der Waals surface area contributed by atoms with Crippen LogP contribution in [0.15, 0.2) is 54.7 Å². The van der Waals surface area contributed by atoms with E-state index in [1.165, 1.54) is 0 Å². The summed E-state index contributed by atoms with van der Waals surface area (Å²) < 4.78 is 0. The summed E-state index contributed by atoms with van der Waals surface area (Å²) in [6, 6.07) is 17.1. The lowest BCUT2D eigenvalue weighted by Gasteiger charge is -2.04. The molecule has 0 atom stereocenters. The van der Waals surface area contributed by atoms with Crippen LogP contribution in [0.2, 0.25) is 10.0 Å². The van der Waals surface area contributed by atoms with Crippen molar-refractivity contribution in [2.45, 2.75) is 0 Å². The number of hydrogen-bond acceptors (Lipinski definition) is 2. The van der Waals surface area contributed by atoms with Gasteiger partial charge in [0.05, 0.1) is 28.6 Å². The van der Waals surface area contributed by atoms with Crippen LogP contribution in [0.25, 0.3) is 22.9 Å². The van der Waals surface area contributed by atoms with Crippen molar-refractivity contribution >= 4 is 34.9 Å². The minimum absolute atomic E-state index is 0.440. The molecule has 0 amide bonds. The lowest BCUT2D eigenvalue weighted by atomic mass is 10.0. The Labute approximate surface area is 143 Å². The topological polar surface area (TPSA) is 52.5 Å². The van der Waals surface area contributed by atoms with E-state index in [0.717, 1.165) is 16.8 Å². The molecule has 3 nitrogen and oxygen atoms in total. The van der Waals surface area contributed by atoms with E-state index in [4.69, 9.17) is 23.2 Å². The number of hydrogen-bond donors (Lipinski definition) is 1. The Hall–Kier alpha value is -2.54. The number of rotatable bonds is 3. The molecule has 2 aromatic carbocycles. The average molecular weight is 340 g/mol. The number of benzene rings is 2. The third-order valence-corrected chi connectivity index (χ3v) is 3.92. The maximum atomic E-state index is 9.49. The molecule has 0 radical (unpaired) electrons. The Morgan fingerprint density at radius 3 is 2.61 bits per heavy atom. The molecule has 0 aliphatic rings. The van der Waals surface area contributed by atoms with Gasteiger partial charge in [-0.3, -0.25) is 5.10 Å². The molecule has 0 saturated heterocycles. The van der Waals surface area contributed by atoms with Gasteiger partial charge in [0, 0.05) is 21.7 Å². The molecule has 0 aliphatic carbocycles. The minimum Gasteiger partial charge on any atom is -0.277 e. The quantitative estimate of drug-likeness (QED) is 0.645. The van der Waals surface area contributed by atoms with Crippen LogP contribution in [0.3, 0.4) is 0 Å². The molecule has 0 bridgehead atoms. The van der Waals surface area contributed by atoms with Gasteiger partial charge in [-0.2, -0.15) is 10.4 Å². The van der Waals surface area contributed by atoms with Crippen LogP contribution in [0, 0.1) is 11.3 Å². The molecule has 1 heterocycles. The zero-order chi connectivity index (χ0) is 16.2. The summed E-state index contributed by atoms with van der Waals surface area (Å²) in [6.07, 6.45) is 3.45. The second-order valence-electron chi connectivity index (χ2n) is 4.86. The van der Waals surface area contributed by atoms with E-state index in [2.05, 4.69) is 16.3 Å². The highest BCUT2D eigenvalue weighted by Crippen LogP contribution is 2.30. The first-order valence-electron chi connectivity index (χ1n) is 6.85. The normalized spacial score (nSPS) is 11.3. The molecular weight excluding hydrogens is 329 g/mol. The van der Waals surface area contributed by atoms with Crippen LogP contribution in [0.1, 0.15) is 11.1 Å². The van der Waals surface area contributed by atoms with Crippen molar-refractivity contribution in [1.29, 1.82) is 5.26 Å². The molecule has 0 fully saturated rings. The van der Waals surface area contributed by atoms with Crippen LogP contribution >= 0.6 is 23.2 Å². The predicted molar refractivity (Wildman–Crippen MR) is 94.0 cm³/mol. The van der Waals surface area contributed by atoms with E-state index >= 15 is 0 Å². The number of nitriles is 1. The fourth-order valence-electron chi connectivity index (χ4n) is 2.27. The van der Waals surface area contributed by atoms with Gasteiger partial charge in [-0.05, 0) is 18.2 Å². The highest BCUT2D eigenvalue weighted by molar-refractivity contribution is 6.36. The molecule has 3 rings (SSSR count). The summed E-state index contributed by atoms with van der Waals surface area (Å²) in [4.78, 5) is 0. The number of H-pyrrole nitrogens is 1. The van der Waals surface area contributed by atoms with Gasteiger partial charge < -0.3 is 0 Å². The summed E-state index contributed by atoms with van der Waals surface area (Å²) >= 11 is 12.1. The molecule has 0 saturated carbocycles. The zero-order valence-corrected chi connectivity index (χ0v) is 13.4. The van der Waals surface area contributed by atoms with Gasteiger partial charge in [0.1, 0.15) is 0 Å². The van der Waals surface area contributed by atoms with Crippen LogP contribution in [0.4, 0.5) is 0 Å². The monoisotopic (exact) mass is 339 g/mol. The Morgan fingerprint density at radius 2 is 1.91 bits per heavy atom. The Kier molecular flexibility index (Phi) is 4.47. The van der Waals surface area contributed by atoms with E-state index in [-0.39, 0.29) is 0 Å². The van der Waals surface area contributed by atoms with Gasteiger partial charge in [0.15, 0.2) is 0 Å². The fraction of sp³-hybridized carbons (Fsp3) is 0. The SMILES string of the molecule is N#C/C(=C\c1cn[nH]c1-c1ccccc1)c1ccc(Cl)cc1Cl. The number of aromatic nitrogens is 2. The minimum atomic E-state index is 0.440. The molecule has 112 valence electrons. The fourth-order valence-corrected chi connectivity index (χ4v) is 2.78. The summed E-state index contributed by atoms with van der Waals surface area (Å²) in [5.74, 6) is 0. The second kappa shape index (κ2) is 6.70. The Morgan fingerprint density at radius 1 is 1.13 bits per heavy atom. The molecule has 0 aliphatic heterocycles. The highest BCUT2D eigenvalue weighted by Gasteiger charge is 2.10. The van der Waals surface area contributed by atoms with Crippen LogP contribution in [-0.4, -0.2) is 10.2 Å². The summed E-state index contributed by atoms with van der Waals surface area (Å²) in [6.45, 7) is 0. The summed E-state index contributed by atoms with van der Waals surface area (Å²) in [5, 5.41) is 17.5. The van der Waals surface area contributed by atoms with Crippen molar-refractivity contribution < 1.29 is 0 Å². The van der Waals surface area contributed by atoms with Crippen LogP contribution in [-0.2, 0) is 0 Å². The van der Waals surface area contributed by atoms with Crippen molar-refractivity contribution in [2.24, 2.45) is 0 Å². The molecule has 1 N–H and O–H groups in total. The van der Waals surface area contributed by atoms with Crippen LogP contribution < -0.4 is 0 Å². The first kappa shape index (κ1) is 15.4. The lowest BCUT2D eigenvalue weighted by molar-refractivity contribution is 1.10. The van der Waals surface area contributed by atoms with E-state index in [1.54, 1.807) is 30.5 Å². The zero-order valence-electron chi connectivity index (χ0n) is 11.9. The third-order valence-electron chi connectivity index (χ3n) is 3.37. The average Bonchev–Trinajstić information content (AvgIpc) is 3.02. The molecule has 0 spiro atoms. The molecule has 0 unspecified atom stereocenters. The molecule has 23 heavy (non-hydrogen) atoms. The maximum Gasteiger partial charge on any atom is 0.0998 e. The number of aromatic amines is 1. The van der Waals surface area contributed by atoms with Gasteiger partial charge >= 0.3 is 0 Å². The molecule has 5 heteroatoms. The second-order valence-corrected chi connectivity index (χ2v) is 5.70. The third kappa shape index (κ3) is 3.29. The number of nitrogens with one attached hydrogen (secondary N) is 1. The van der Waals surface area contributed by atoms with Crippen molar-refractivity contribution in [1.82, 2.24) is 10.2 Å². The number of nitrogens with zero attached hydrogens (tertiary/aromatic N) is 2. The van der Waals surface area contributed by atoms with E-state index in [1.807, 2.05) is 30.3 Å². The number of allylic oxidation sites excluding steroid dienone is 1. The van der Waals surface area contributed by atoms with Gasteiger partial charge in [-0.1, -0.05) is 59.6 Å². The summed E-state index contributed by atoms with van der Waals surface area (Å²) in [5.41, 5.74) is 3.75. The highest BCUT2D eigenvalue weighted by atomic mass is 35.5. The standard InChI is InChI=1S/C18H11Cl2N3/c19-15-6-7-16(17(20)9-15)13(10-21)8-14-11-22-23-18(14)12-4-2-1-3-5-12/h1-9,11H,(H,22,23)/b13-8+. The number of halogens is 2. The van der Waals surface area contributed by atoms with Crippen molar-refractivity contribution in [3.05, 3.63) is 75.9 Å². The van der Waals surface area contributed by atoms with Crippen molar-refractivity contribution in [3.8, 4) is 17.3 Å². The van der Waals surface area contributed by atoms with Gasteiger partial charge in [-0.15, -0.1) is 0 Å². The predicted octanol–water partition coefficient (Wildman–Crippen LogP) is 5.45. The first-order chi connectivity index (χ1) is 11.2. The van der Waals surface area contributed by atoms with Crippen molar-refractivity contribution in [3.63, 3.8) is 0 Å². The molecular formula is C18H11Cl2N3. The largest absolute Gasteiger partial charge is 0.277 e. The van der Waals surface area contributed by atoms with E-state index in [0.29, 0.717) is 21.2 Å². The van der Waals surface area contributed by atoms with Gasteiger partial charge in [0.2, 0.25) is 0 Å². The summed E-state index contributed by atoms with van der Waals surface area (Å²) in [7, 11) is 0. The first-order valence-corrected chi connectivity index (χ1v) is 7.60. The maximum absolute atomic E-state index is 9.49. The Balaban J connectivity index is 2.07. The molecule has 1 aromatic heterocycles. The Bertz CT molecular complexity index is 906. The van der Waals surface area contributed by atoms with E-state index < -0.39 is 0 Å².